The first kappa shape index (κ1) is 19.9. The average molecular weight is 392 g/mol. The molecule has 1 fully saturated rings. The van der Waals surface area contributed by atoms with E-state index >= 15 is 0 Å². The van der Waals surface area contributed by atoms with Crippen molar-refractivity contribution in [3.05, 3.63) is 47.8 Å². The normalized spacial score (nSPS) is 14.8. The van der Waals surface area contributed by atoms with Crippen LogP contribution in [0.5, 0.6) is 0 Å². The zero-order chi connectivity index (χ0) is 20.0. The molecule has 2 amide bonds. The predicted octanol–water partition coefficient (Wildman–Crippen LogP) is 0.969. The van der Waals surface area contributed by atoms with Crippen LogP contribution in [0.25, 0.3) is 0 Å². The van der Waals surface area contributed by atoms with Gasteiger partial charge in [0, 0.05) is 19.6 Å². The van der Waals surface area contributed by atoms with Gasteiger partial charge in [0.1, 0.15) is 0 Å². The summed E-state index contributed by atoms with van der Waals surface area (Å²) >= 11 is 0. The molecule has 3 rings (SSSR count). The van der Waals surface area contributed by atoms with Crippen molar-refractivity contribution in [2.75, 3.05) is 26.2 Å². The second-order valence-corrected chi connectivity index (χ2v) is 6.56. The molecule has 2 aromatic rings. The van der Waals surface area contributed by atoms with Crippen LogP contribution < -0.4 is 10.6 Å². The molecule has 0 radical (unpaired) electrons. The number of hydrogen-bond donors (Lipinski definition) is 2. The van der Waals surface area contributed by atoms with E-state index in [2.05, 4.69) is 25.8 Å². The molecule has 0 atom stereocenters. The van der Waals surface area contributed by atoms with Gasteiger partial charge in [0.25, 0.3) is 5.91 Å². The van der Waals surface area contributed by atoms with E-state index in [0.717, 1.165) is 32.1 Å². The van der Waals surface area contributed by atoms with E-state index in [4.69, 9.17) is 0 Å². The number of rotatable bonds is 8. The van der Waals surface area contributed by atoms with E-state index in [-0.39, 0.29) is 16.9 Å². The molecule has 0 unspecified atom stereocenters. The first-order valence-electron chi connectivity index (χ1n) is 9.10. The van der Waals surface area contributed by atoms with Crippen LogP contribution in [0.4, 0.5) is 8.78 Å². The van der Waals surface area contributed by atoms with E-state index in [1.54, 1.807) is 30.3 Å². The molecule has 0 saturated carbocycles. The highest BCUT2D eigenvalue weighted by atomic mass is 19.3. The zero-order valence-electron chi connectivity index (χ0n) is 15.3. The highest BCUT2D eigenvalue weighted by molar-refractivity contribution is 5.92. The fourth-order valence-electron chi connectivity index (χ4n) is 2.92. The molecular weight excluding hydrogens is 370 g/mol. The fourth-order valence-corrected chi connectivity index (χ4v) is 2.92. The van der Waals surface area contributed by atoms with Gasteiger partial charge in [-0.1, -0.05) is 35.5 Å². The minimum Gasteiger partial charge on any atom is -0.349 e. The highest BCUT2D eigenvalue weighted by Gasteiger charge is 2.42. The zero-order valence-corrected chi connectivity index (χ0v) is 15.3. The second-order valence-electron chi connectivity index (χ2n) is 6.56. The number of carbonyl (C=O) groups is 2. The SMILES string of the molecule is O=C(NCCN1CCCC1)c1cn(C(F)(F)C(=O)NCc2ccccc2)nn1. The lowest BCUT2D eigenvalue weighted by molar-refractivity contribution is -0.164. The average Bonchev–Trinajstić information content (AvgIpc) is 3.39. The number of halogens is 2. The van der Waals surface area contributed by atoms with Crippen LogP contribution in [-0.2, 0) is 17.4 Å². The van der Waals surface area contributed by atoms with Gasteiger partial charge in [-0.15, -0.1) is 5.10 Å². The van der Waals surface area contributed by atoms with Crippen LogP contribution in [0.2, 0.25) is 0 Å². The number of benzene rings is 1. The molecule has 1 aromatic carbocycles. The van der Waals surface area contributed by atoms with Crippen LogP contribution in [0.3, 0.4) is 0 Å². The number of likely N-dealkylation sites (tertiary alicyclic amines) is 1. The quantitative estimate of drug-likeness (QED) is 0.699. The molecular formula is C18H22F2N6O2. The Kier molecular flexibility index (Phi) is 6.30. The van der Waals surface area contributed by atoms with Gasteiger partial charge in [-0.2, -0.15) is 13.5 Å². The Morgan fingerprint density at radius 1 is 1.11 bits per heavy atom. The maximum absolute atomic E-state index is 14.3. The summed E-state index contributed by atoms with van der Waals surface area (Å²) in [6.45, 7) is 3.03. The Labute approximate surface area is 160 Å². The van der Waals surface area contributed by atoms with Crippen molar-refractivity contribution in [2.45, 2.75) is 25.4 Å². The van der Waals surface area contributed by atoms with E-state index in [1.165, 1.54) is 0 Å². The highest BCUT2D eigenvalue weighted by Crippen LogP contribution is 2.20. The van der Waals surface area contributed by atoms with E-state index in [1.807, 2.05) is 0 Å². The number of aromatic nitrogens is 3. The summed E-state index contributed by atoms with van der Waals surface area (Å²) < 4.78 is 28.7. The lowest BCUT2D eigenvalue weighted by Crippen LogP contribution is -2.42. The molecule has 1 aliphatic heterocycles. The molecule has 1 aromatic heterocycles. The smallest absolute Gasteiger partial charge is 0.349 e. The van der Waals surface area contributed by atoms with Crippen LogP contribution in [-0.4, -0.2) is 57.9 Å². The van der Waals surface area contributed by atoms with Crippen molar-refractivity contribution in [1.82, 2.24) is 30.5 Å². The van der Waals surface area contributed by atoms with Crippen molar-refractivity contribution in [3.63, 3.8) is 0 Å². The molecule has 150 valence electrons. The fraction of sp³-hybridized carbons (Fsp3) is 0.444. The van der Waals surface area contributed by atoms with Gasteiger partial charge in [-0.3, -0.25) is 9.59 Å². The summed E-state index contributed by atoms with van der Waals surface area (Å²) in [6, 6.07) is 4.72. The van der Waals surface area contributed by atoms with Gasteiger partial charge in [-0.05, 0) is 31.5 Å². The van der Waals surface area contributed by atoms with Gasteiger partial charge in [0.05, 0.1) is 6.20 Å². The van der Waals surface area contributed by atoms with Crippen LogP contribution in [0.1, 0.15) is 28.9 Å². The Hall–Kier alpha value is -2.88. The van der Waals surface area contributed by atoms with E-state index < -0.39 is 17.9 Å². The third-order valence-corrected chi connectivity index (χ3v) is 4.50. The number of carbonyl (C=O) groups excluding carboxylic acids is 2. The van der Waals surface area contributed by atoms with Gasteiger partial charge < -0.3 is 15.5 Å². The number of amides is 2. The van der Waals surface area contributed by atoms with E-state index in [0.29, 0.717) is 18.7 Å². The third-order valence-electron chi connectivity index (χ3n) is 4.50. The number of nitrogens with one attached hydrogen (secondary N) is 2. The molecule has 10 heteroatoms. The molecule has 1 saturated heterocycles. The van der Waals surface area contributed by atoms with Crippen LogP contribution in [0, 0.1) is 0 Å². The topological polar surface area (TPSA) is 92.2 Å². The molecule has 0 aliphatic carbocycles. The molecule has 28 heavy (non-hydrogen) atoms. The van der Waals surface area contributed by atoms with Crippen molar-refractivity contribution in [3.8, 4) is 0 Å². The van der Waals surface area contributed by atoms with Crippen molar-refractivity contribution < 1.29 is 18.4 Å². The summed E-state index contributed by atoms with van der Waals surface area (Å²) in [7, 11) is 0. The maximum atomic E-state index is 14.3. The van der Waals surface area contributed by atoms with Gasteiger partial charge >= 0.3 is 12.0 Å². The lowest BCUT2D eigenvalue weighted by atomic mass is 10.2. The van der Waals surface area contributed by atoms with Crippen molar-refractivity contribution in [2.24, 2.45) is 0 Å². The van der Waals surface area contributed by atoms with Crippen LogP contribution in [0.15, 0.2) is 36.5 Å². The largest absolute Gasteiger partial charge is 0.423 e. The first-order chi connectivity index (χ1) is 13.5. The summed E-state index contributed by atoms with van der Waals surface area (Å²) in [4.78, 5) is 26.1. The second kappa shape index (κ2) is 8.87. The van der Waals surface area contributed by atoms with Gasteiger partial charge in [0.15, 0.2) is 5.69 Å². The monoisotopic (exact) mass is 392 g/mol. The van der Waals surface area contributed by atoms with Crippen LogP contribution >= 0.6 is 0 Å². The first-order valence-corrected chi connectivity index (χ1v) is 9.10. The Morgan fingerprint density at radius 3 is 2.54 bits per heavy atom. The Balaban J connectivity index is 1.53. The Morgan fingerprint density at radius 2 is 1.82 bits per heavy atom. The molecule has 8 nitrogen and oxygen atoms in total. The van der Waals surface area contributed by atoms with E-state index in [9.17, 15) is 18.4 Å². The number of nitrogens with zero attached hydrogens (tertiary/aromatic N) is 4. The van der Waals surface area contributed by atoms with Gasteiger partial charge in [0.2, 0.25) is 0 Å². The molecule has 0 spiro atoms. The third kappa shape index (κ3) is 4.89. The molecule has 2 heterocycles. The molecule has 1 aliphatic rings. The van der Waals surface area contributed by atoms with Gasteiger partial charge in [-0.25, -0.2) is 0 Å². The standard InChI is InChI=1S/C18H22F2N6O2/c19-18(20,17(28)22-12-14-6-2-1-3-7-14)26-13-15(23-24-26)16(27)21-8-11-25-9-4-5-10-25/h1-3,6-7,13H,4-5,8-12H2,(H,21,27)(H,22,28). The number of alkyl halides is 2. The minimum absolute atomic E-state index is 0.0478. The summed E-state index contributed by atoms with van der Waals surface area (Å²) in [6.07, 6.45) is 3.06. The molecule has 2 N–H and O–H groups in total. The minimum atomic E-state index is -3.96. The number of hydrogen-bond acceptors (Lipinski definition) is 5. The summed E-state index contributed by atoms with van der Waals surface area (Å²) in [5, 5.41) is 11.5. The molecule has 0 bridgehead atoms. The van der Waals surface area contributed by atoms with Crippen molar-refractivity contribution in [1.29, 1.82) is 0 Å². The lowest BCUT2D eigenvalue weighted by Gasteiger charge is -2.15. The predicted molar refractivity (Wildman–Crippen MR) is 96.5 cm³/mol. The Bertz CT molecular complexity index is 805. The summed E-state index contributed by atoms with van der Waals surface area (Å²) in [5.74, 6) is -2.13. The van der Waals surface area contributed by atoms with Crippen molar-refractivity contribution >= 4 is 11.8 Å². The maximum Gasteiger partial charge on any atom is 0.423 e. The summed E-state index contributed by atoms with van der Waals surface area (Å²) in [5.41, 5.74) is 0.417.